The van der Waals surface area contributed by atoms with Gasteiger partial charge in [0.05, 0.1) is 6.10 Å². The molecule has 0 bridgehead atoms. The van der Waals surface area contributed by atoms with E-state index in [9.17, 15) is 5.11 Å². The number of rotatable bonds is 2. The van der Waals surface area contributed by atoms with E-state index in [0.717, 1.165) is 21.3 Å². The Morgan fingerprint density at radius 1 is 1.28 bits per heavy atom. The van der Waals surface area contributed by atoms with E-state index in [0.29, 0.717) is 5.82 Å². The van der Waals surface area contributed by atoms with E-state index >= 15 is 0 Å². The molecule has 0 radical (unpaired) electrons. The molecule has 0 unspecified atom stereocenters. The summed E-state index contributed by atoms with van der Waals surface area (Å²) in [5.41, 5.74) is 3.72. The number of nitrogens with zero attached hydrogens (tertiary/aromatic N) is 2. The van der Waals surface area contributed by atoms with Crippen LogP contribution in [0.2, 0.25) is 0 Å². The van der Waals surface area contributed by atoms with Gasteiger partial charge in [0.2, 0.25) is 0 Å². The highest BCUT2D eigenvalue weighted by Gasteiger charge is 2.11. The summed E-state index contributed by atoms with van der Waals surface area (Å²) in [5.74, 6) is 0.670. The first-order valence-electron chi connectivity index (χ1n) is 5.77. The molecule has 2 rings (SSSR count). The second-order valence-electron chi connectivity index (χ2n) is 4.39. The maximum Gasteiger partial charge on any atom is 0.160 e. The number of aliphatic hydroxyl groups is 1. The molecule has 1 aromatic heterocycles. The van der Waals surface area contributed by atoms with E-state index < -0.39 is 6.10 Å². The average molecular weight is 307 g/mol. The number of hydrogen-bond donors (Lipinski definition) is 1. The molecule has 0 fully saturated rings. The third-order valence-corrected chi connectivity index (χ3v) is 3.49. The molecule has 4 heteroatoms. The number of aliphatic hydroxyl groups excluding tert-OH is 1. The Hall–Kier alpha value is -1.26. The largest absolute Gasteiger partial charge is 0.389 e. The van der Waals surface area contributed by atoms with Crippen LogP contribution in [0.25, 0.3) is 11.4 Å². The first-order chi connectivity index (χ1) is 8.49. The van der Waals surface area contributed by atoms with Crippen LogP contribution in [0.1, 0.15) is 29.8 Å². The van der Waals surface area contributed by atoms with Gasteiger partial charge in [-0.25, -0.2) is 9.97 Å². The van der Waals surface area contributed by atoms with Gasteiger partial charge in [-0.3, -0.25) is 0 Å². The van der Waals surface area contributed by atoms with Crippen LogP contribution < -0.4 is 0 Å². The molecule has 1 heterocycles. The third kappa shape index (κ3) is 2.60. The maximum absolute atomic E-state index is 9.57. The van der Waals surface area contributed by atoms with Crippen molar-refractivity contribution >= 4 is 15.9 Å². The fourth-order valence-electron chi connectivity index (χ4n) is 1.82. The van der Waals surface area contributed by atoms with E-state index in [4.69, 9.17) is 0 Å². The van der Waals surface area contributed by atoms with E-state index in [1.54, 1.807) is 13.1 Å². The lowest BCUT2D eigenvalue weighted by atomic mass is 10.1. The van der Waals surface area contributed by atoms with Crippen LogP contribution in [0.5, 0.6) is 0 Å². The first-order valence-corrected chi connectivity index (χ1v) is 6.56. The van der Waals surface area contributed by atoms with Crippen molar-refractivity contribution < 1.29 is 5.11 Å². The Bertz CT molecular complexity index is 582. The monoisotopic (exact) mass is 306 g/mol. The number of halogens is 1. The Balaban J connectivity index is 2.49. The van der Waals surface area contributed by atoms with Gasteiger partial charge in [-0.2, -0.15) is 0 Å². The minimum Gasteiger partial charge on any atom is -0.389 e. The standard InChI is InChI=1S/C14H15BrN2O/c1-8-4-5-11(13(15)6-8)14-16-7-12(10(3)18)9(2)17-14/h4-7,10,18H,1-3H3/t10-/m1/s1. The molecule has 1 N–H and O–H groups in total. The highest BCUT2D eigenvalue weighted by molar-refractivity contribution is 9.10. The van der Waals surface area contributed by atoms with Gasteiger partial charge in [0, 0.05) is 27.5 Å². The normalized spacial score (nSPS) is 12.5. The summed E-state index contributed by atoms with van der Waals surface area (Å²) < 4.78 is 0.978. The lowest BCUT2D eigenvalue weighted by Crippen LogP contribution is -2.01. The molecule has 0 aliphatic rings. The lowest BCUT2D eigenvalue weighted by Gasteiger charge is -2.10. The quantitative estimate of drug-likeness (QED) is 0.922. The Kier molecular flexibility index (Phi) is 3.78. The van der Waals surface area contributed by atoms with Crippen LogP contribution in [-0.2, 0) is 0 Å². The van der Waals surface area contributed by atoms with Gasteiger partial charge in [0.1, 0.15) is 0 Å². The topological polar surface area (TPSA) is 46.0 Å². The third-order valence-electron chi connectivity index (χ3n) is 2.83. The summed E-state index contributed by atoms with van der Waals surface area (Å²) in [6.45, 7) is 5.64. The van der Waals surface area contributed by atoms with Crippen LogP contribution in [0.15, 0.2) is 28.9 Å². The zero-order valence-electron chi connectivity index (χ0n) is 10.6. The molecular weight excluding hydrogens is 292 g/mol. The van der Waals surface area contributed by atoms with Crippen LogP contribution in [0.3, 0.4) is 0 Å². The van der Waals surface area contributed by atoms with Gasteiger partial charge in [0.15, 0.2) is 5.82 Å². The Morgan fingerprint density at radius 2 is 2.00 bits per heavy atom. The number of benzene rings is 1. The number of aromatic nitrogens is 2. The zero-order valence-corrected chi connectivity index (χ0v) is 12.2. The van der Waals surface area contributed by atoms with Gasteiger partial charge in [0.25, 0.3) is 0 Å². The highest BCUT2D eigenvalue weighted by Crippen LogP contribution is 2.27. The zero-order chi connectivity index (χ0) is 13.3. The maximum atomic E-state index is 9.57. The summed E-state index contributed by atoms with van der Waals surface area (Å²) in [7, 11) is 0. The molecule has 18 heavy (non-hydrogen) atoms. The molecule has 0 aliphatic heterocycles. The SMILES string of the molecule is Cc1ccc(-c2ncc([C@@H](C)O)c(C)n2)c(Br)c1. The molecule has 0 amide bonds. The summed E-state index contributed by atoms with van der Waals surface area (Å²) in [4.78, 5) is 8.77. The molecule has 94 valence electrons. The minimum atomic E-state index is -0.541. The van der Waals surface area contributed by atoms with Gasteiger partial charge < -0.3 is 5.11 Å². The van der Waals surface area contributed by atoms with Crippen molar-refractivity contribution in [2.24, 2.45) is 0 Å². The molecule has 0 saturated carbocycles. The fourth-order valence-corrected chi connectivity index (χ4v) is 2.49. The van der Waals surface area contributed by atoms with Crippen molar-refractivity contribution in [1.82, 2.24) is 9.97 Å². The van der Waals surface area contributed by atoms with Crippen LogP contribution in [0.4, 0.5) is 0 Å². The second-order valence-corrected chi connectivity index (χ2v) is 5.25. The van der Waals surface area contributed by atoms with Crippen LogP contribution in [0, 0.1) is 13.8 Å². The number of hydrogen-bond acceptors (Lipinski definition) is 3. The smallest absolute Gasteiger partial charge is 0.160 e. The van der Waals surface area contributed by atoms with Gasteiger partial charge in [-0.05, 0) is 38.5 Å². The van der Waals surface area contributed by atoms with Gasteiger partial charge >= 0.3 is 0 Å². The second kappa shape index (κ2) is 5.16. The molecular formula is C14H15BrN2O. The predicted octanol–water partition coefficient (Wildman–Crippen LogP) is 3.58. The van der Waals surface area contributed by atoms with Crippen molar-refractivity contribution in [3.63, 3.8) is 0 Å². The van der Waals surface area contributed by atoms with Crippen molar-refractivity contribution in [2.45, 2.75) is 26.9 Å². The molecule has 1 aromatic carbocycles. The predicted molar refractivity (Wildman–Crippen MR) is 75.3 cm³/mol. The summed E-state index contributed by atoms with van der Waals surface area (Å²) >= 11 is 3.53. The van der Waals surface area contributed by atoms with Crippen LogP contribution >= 0.6 is 15.9 Å². The summed E-state index contributed by atoms with van der Waals surface area (Å²) in [6.07, 6.45) is 1.15. The van der Waals surface area contributed by atoms with Gasteiger partial charge in [-0.15, -0.1) is 0 Å². The minimum absolute atomic E-state index is 0.541. The van der Waals surface area contributed by atoms with E-state index in [1.165, 1.54) is 5.56 Å². The van der Waals surface area contributed by atoms with E-state index in [1.807, 2.05) is 32.0 Å². The first kappa shape index (κ1) is 13.2. The molecule has 0 spiro atoms. The summed E-state index contributed by atoms with van der Waals surface area (Å²) in [6, 6.07) is 6.06. The molecule has 2 aromatic rings. The van der Waals surface area contributed by atoms with Crippen LogP contribution in [-0.4, -0.2) is 15.1 Å². The van der Waals surface area contributed by atoms with Crippen molar-refractivity contribution in [3.8, 4) is 11.4 Å². The average Bonchev–Trinajstić information content (AvgIpc) is 2.28. The van der Waals surface area contributed by atoms with Gasteiger partial charge in [-0.1, -0.05) is 22.0 Å². The lowest BCUT2D eigenvalue weighted by molar-refractivity contribution is 0.197. The molecule has 3 nitrogen and oxygen atoms in total. The molecule has 0 aliphatic carbocycles. The van der Waals surface area contributed by atoms with E-state index in [-0.39, 0.29) is 0 Å². The summed E-state index contributed by atoms with van der Waals surface area (Å²) in [5, 5.41) is 9.57. The Morgan fingerprint density at radius 3 is 2.56 bits per heavy atom. The molecule has 1 atom stereocenters. The fraction of sp³-hybridized carbons (Fsp3) is 0.286. The van der Waals surface area contributed by atoms with Crippen molar-refractivity contribution in [2.75, 3.05) is 0 Å². The Labute approximate surface area is 115 Å². The van der Waals surface area contributed by atoms with Crippen molar-refractivity contribution in [3.05, 3.63) is 45.7 Å². The van der Waals surface area contributed by atoms with E-state index in [2.05, 4.69) is 25.9 Å². The highest BCUT2D eigenvalue weighted by atomic mass is 79.9. The van der Waals surface area contributed by atoms with Crippen molar-refractivity contribution in [1.29, 1.82) is 0 Å². The number of aryl methyl sites for hydroxylation is 2. The molecule has 0 saturated heterocycles.